The predicted molar refractivity (Wildman–Crippen MR) is 87.1 cm³/mol. The number of imidazole rings is 1. The summed E-state index contributed by atoms with van der Waals surface area (Å²) in [6.45, 7) is 0. The number of benzene rings is 1. The van der Waals surface area contributed by atoms with Crippen LogP contribution in [-0.4, -0.2) is 39.3 Å². The van der Waals surface area contributed by atoms with Crippen LogP contribution in [0, 0.1) is 11.3 Å². The molecule has 23 heavy (non-hydrogen) atoms. The van der Waals surface area contributed by atoms with Crippen molar-refractivity contribution in [3.05, 3.63) is 60.5 Å². The van der Waals surface area contributed by atoms with Crippen LogP contribution in [0.1, 0.15) is 10.5 Å². The molecule has 1 aromatic carbocycles. The summed E-state index contributed by atoms with van der Waals surface area (Å²) in [5.41, 5.74) is 2.30. The maximum Gasteiger partial charge on any atom is 0.221 e. The summed E-state index contributed by atoms with van der Waals surface area (Å²) in [4.78, 5) is 21.2. The molecular weight excluding hydrogens is 290 g/mol. The molecule has 0 radical (unpaired) electrons. The SMILES string of the molecule is CN(C)/C=C(/C#N)C(=O)c1cc2cc(-n3ccnc3)ccc2[nH]1. The predicted octanol–water partition coefficient (Wildman–Crippen LogP) is 2.51. The Hall–Kier alpha value is -3.33. The number of ketones is 1. The fourth-order valence-corrected chi connectivity index (χ4v) is 2.36. The second kappa shape index (κ2) is 5.81. The van der Waals surface area contributed by atoms with Crippen molar-refractivity contribution < 1.29 is 4.79 Å². The minimum absolute atomic E-state index is 0.0939. The van der Waals surface area contributed by atoms with E-state index in [1.54, 1.807) is 37.6 Å². The first-order valence-electron chi connectivity index (χ1n) is 7.02. The highest BCUT2D eigenvalue weighted by molar-refractivity contribution is 6.12. The van der Waals surface area contributed by atoms with Crippen LogP contribution in [0.5, 0.6) is 0 Å². The Balaban J connectivity index is 2.00. The van der Waals surface area contributed by atoms with E-state index in [0.717, 1.165) is 16.6 Å². The first kappa shape index (κ1) is 14.6. The lowest BCUT2D eigenvalue weighted by atomic mass is 10.1. The van der Waals surface area contributed by atoms with Crippen LogP contribution in [0.2, 0.25) is 0 Å². The molecule has 0 spiro atoms. The topological polar surface area (TPSA) is 77.7 Å². The van der Waals surface area contributed by atoms with Gasteiger partial charge < -0.3 is 14.5 Å². The molecule has 0 atom stereocenters. The zero-order valence-corrected chi connectivity index (χ0v) is 12.8. The average Bonchev–Trinajstić information content (AvgIpc) is 3.19. The molecule has 0 saturated carbocycles. The van der Waals surface area contributed by atoms with Gasteiger partial charge >= 0.3 is 0 Å². The van der Waals surface area contributed by atoms with Gasteiger partial charge in [-0.15, -0.1) is 0 Å². The van der Waals surface area contributed by atoms with Crippen LogP contribution in [0.3, 0.4) is 0 Å². The summed E-state index contributed by atoms with van der Waals surface area (Å²) in [5.74, 6) is -0.318. The van der Waals surface area contributed by atoms with Gasteiger partial charge in [-0.25, -0.2) is 4.98 Å². The molecule has 6 heteroatoms. The fraction of sp³-hybridized carbons (Fsp3) is 0.118. The highest BCUT2D eigenvalue weighted by atomic mass is 16.1. The van der Waals surface area contributed by atoms with Gasteiger partial charge in [0.05, 0.1) is 12.0 Å². The molecule has 0 unspecified atom stereocenters. The van der Waals surface area contributed by atoms with E-state index in [4.69, 9.17) is 5.26 Å². The first-order chi connectivity index (χ1) is 11.1. The van der Waals surface area contributed by atoms with Crippen LogP contribution < -0.4 is 0 Å². The highest BCUT2D eigenvalue weighted by Gasteiger charge is 2.15. The number of aromatic amines is 1. The maximum atomic E-state index is 12.4. The van der Waals surface area contributed by atoms with Crippen molar-refractivity contribution in [3.63, 3.8) is 0 Å². The van der Waals surface area contributed by atoms with Gasteiger partial charge in [-0.05, 0) is 24.3 Å². The van der Waals surface area contributed by atoms with Gasteiger partial charge in [-0.2, -0.15) is 5.26 Å². The van der Waals surface area contributed by atoms with E-state index in [9.17, 15) is 4.79 Å². The van der Waals surface area contributed by atoms with Crippen molar-refractivity contribution in [3.8, 4) is 11.8 Å². The van der Waals surface area contributed by atoms with Gasteiger partial charge in [-0.3, -0.25) is 4.79 Å². The van der Waals surface area contributed by atoms with Crippen LogP contribution >= 0.6 is 0 Å². The molecule has 0 saturated heterocycles. The molecule has 0 aliphatic rings. The van der Waals surface area contributed by atoms with E-state index in [-0.39, 0.29) is 11.4 Å². The molecule has 0 fully saturated rings. The smallest absolute Gasteiger partial charge is 0.221 e. The number of fused-ring (bicyclic) bond motifs is 1. The lowest BCUT2D eigenvalue weighted by molar-refractivity contribution is 0.103. The van der Waals surface area contributed by atoms with E-state index in [1.807, 2.05) is 35.0 Å². The molecule has 3 rings (SSSR count). The van der Waals surface area contributed by atoms with E-state index in [1.165, 1.54) is 6.20 Å². The third kappa shape index (κ3) is 2.85. The number of hydrogen-bond donors (Lipinski definition) is 1. The maximum absolute atomic E-state index is 12.4. The lowest BCUT2D eigenvalue weighted by Crippen LogP contribution is -2.09. The molecule has 0 aliphatic carbocycles. The first-order valence-corrected chi connectivity index (χ1v) is 7.02. The second-order valence-electron chi connectivity index (χ2n) is 5.37. The van der Waals surface area contributed by atoms with Crippen molar-refractivity contribution in [1.29, 1.82) is 5.26 Å². The van der Waals surface area contributed by atoms with E-state index in [0.29, 0.717) is 5.69 Å². The summed E-state index contributed by atoms with van der Waals surface area (Å²) in [7, 11) is 3.54. The summed E-state index contributed by atoms with van der Waals surface area (Å²) >= 11 is 0. The van der Waals surface area contributed by atoms with Gasteiger partial charge in [0.15, 0.2) is 0 Å². The zero-order valence-electron chi connectivity index (χ0n) is 12.8. The number of nitrogens with one attached hydrogen (secondary N) is 1. The third-order valence-electron chi connectivity index (χ3n) is 3.40. The molecule has 0 aliphatic heterocycles. The lowest BCUT2D eigenvalue weighted by Gasteiger charge is -2.04. The largest absolute Gasteiger partial charge is 0.382 e. The summed E-state index contributed by atoms with van der Waals surface area (Å²) < 4.78 is 1.89. The number of hydrogen-bond acceptors (Lipinski definition) is 4. The third-order valence-corrected chi connectivity index (χ3v) is 3.40. The number of carbonyl (C=O) groups is 1. The minimum atomic E-state index is -0.318. The number of carbonyl (C=O) groups excluding carboxylic acids is 1. The van der Waals surface area contributed by atoms with Crippen LogP contribution in [-0.2, 0) is 0 Å². The van der Waals surface area contributed by atoms with Crippen LogP contribution in [0.25, 0.3) is 16.6 Å². The number of allylic oxidation sites excluding steroid dienone is 1. The van der Waals surface area contributed by atoms with Gasteiger partial charge in [0.2, 0.25) is 5.78 Å². The van der Waals surface area contributed by atoms with Crippen LogP contribution in [0.4, 0.5) is 0 Å². The van der Waals surface area contributed by atoms with Gasteiger partial charge in [-0.1, -0.05) is 0 Å². The molecule has 2 heterocycles. The fourth-order valence-electron chi connectivity index (χ4n) is 2.36. The molecule has 2 aromatic heterocycles. The minimum Gasteiger partial charge on any atom is -0.382 e. The number of aromatic nitrogens is 3. The Kier molecular flexibility index (Phi) is 3.69. The number of rotatable bonds is 4. The van der Waals surface area contributed by atoms with E-state index in [2.05, 4.69) is 9.97 Å². The number of Topliss-reactive ketones (excluding diaryl/α,β-unsaturated/α-hetero) is 1. The van der Waals surface area contributed by atoms with Crippen molar-refractivity contribution in [1.82, 2.24) is 19.4 Å². The normalized spacial score (nSPS) is 11.4. The van der Waals surface area contributed by atoms with Gasteiger partial charge in [0, 0.05) is 49.3 Å². The quantitative estimate of drug-likeness (QED) is 0.456. The number of nitriles is 1. The Morgan fingerprint density at radius 1 is 1.39 bits per heavy atom. The molecule has 1 N–H and O–H groups in total. The van der Waals surface area contributed by atoms with Gasteiger partial charge in [0.25, 0.3) is 0 Å². The highest BCUT2D eigenvalue weighted by Crippen LogP contribution is 2.21. The Morgan fingerprint density at radius 3 is 2.87 bits per heavy atom. The standard InChI is InChI=1S/C17H15N5O/c1-21(2)10-13(9-18)17(23)16-8-12-7-14(3-4-15(12)20-16)22-6-5-19-11-22/h3-8,10-11,20H,1-2H3/b13-10-. The van der Waals surface area contributed by atoms with Crippen molar-refractivity contribution in [2.45, 2.75) is 0 Å². The molecule has 6 nitrogen and oxygen atoms in total. The zero-order chi connectivity index (χ0) is 16.4. The van der Waals surface area contributed by atoms with E-state index >= 15 is 0 Å². The summed E-state index contributed by atoms with van der Waals surface area (Å²) in [6.07, 6.45) is 6.80. The molecule has 0 bridgehead atoms. The number of nitrogens with zero attached hydrogens (tertiary/aromatic N) is 4. The van der Waals surface area contributed by atoms with Crippen molar-refractivity contribution in [2.75, 3.05) is 14.1 Å². The summed E-state index contributed by atoms with van der Waals surface area (Å²) in [6, 6.07) is 9.52. The Morgan fingerprint density at radius 2 is 2.22 bits per heavy atom. The van der Waals surface area contributed by atoms with Crippen molar-refractivity contribution >= 4 is 16.7 Å². The molecule has 0 amide bonds. The monoisotopic (exact) mass is 305 g/mol. The van der Waals surface area contributed by atoms with Crippen LogP contribution in [0.15, 0.2) is 54.8 Å². The molecule has 3 aromatic rings. The van der Waals surface area contributed by atoms with Crippen molar-refractivity contribution in [2.24, 2.45) is 0 Å². The summed E-state index contributed by atoms with van der Waals surface area (Å²) in [5, 5.41) is 10.1. The second-order valence-corrected chi connectivity index (χ2v) is 5.37. The van der Waals surface area contributed by atoms with E-state index < -0.39 is 0 Å². The van der Waals surface area contributed by atoms with Gasteiger partial charge in [0.1, 0.15) is 11.6 Å². The Bertz CT molecular complexity index is 926. The number of H-pyrrole nitrogens is 1. The molecular formula is C17H15N5O. The average molecular weight is 305 g/mol. The molecule has 114 valence electrons. The Labute approximate surface area is 133 Å².